The van der Waals surface area contributed by atoms with Crippen molar-refractivity contribution < 1.29 is 14.3 Å². The van der Waals surface area contributed by atoms with Crippen LogP contribution in [0.3, 0.4) is 0 Å². The monoisotopic (exact) mass is 426 g/mol. The fourth-order valence-corrected chi connectivity index (χ4v) is 3.45. The van der Waals surface area contributed by atoms with Gasteiger partial charge in [0, 0.05) is 29.6 Å². The summed E-state index contributed by atoms with van der Waals surface area (Å²) in [4.78, 5) is 27.3. The number of anilines is 1. The van der Waals surface area contributed by atoms with E-state index in [-0.39, 0.29) is 0 Å². The highest BCUT2D eigenvalue weighted by Gasteiger charge is 2.20. The number of hydrogen-bond donors (Lipinski definition) is 3. The van der Waals surface area contributed by atoms with E-state index in [2.05, 4.69) is 15.6 Å². The van der Waals surface area contributed by atoms with Gasteiger partial charge in [-0.15, -0.1) is 0 Å². The van der Waals surface area contributed by atoms with Gasteiger partial charge in [0.05, 0.1) is 24.1 Å². The number of carbonyl (C=O) groups is 2. The number of amides is 2. The predicted octanol–water partition coefficient (Wildman–Crippen LogP) is 4.34. The topological polar surface area (TPSA) is 106 Å². The number of primary amides is 1. The first-order valence-electron chi connectivity index (χ1n) is 10.0. The Balaban J connectivity index is 1.69. The number of fused-ring (bicyclic) bond motifs is 1. The van der Waals surface area contributed by atoms with E-state index in [1.807, 2.05) is 60.7 Å². The quantitative estimate of drug-likeness (QED) is 0.510. The molecule has 7 nitrogen and oxygen atoms in total. The maximum absolute atomic E-state index is 11.9. The molecule has 0 saturated carbocycles. The molecule has 1 aliphatic rings. The molecule has 4 rings (SSSR count). The van der Waals surface area contributed by atoms with E-state index in [1.165, 1.54) is 7.11 Å². The second kappa shape index (κ2) is 9.18. The zero-order valence-corrected chi connectivity index (χ0v) is 17.5. The van der Waals surface area contributed by atoms with Crippen LogP contribution in [0.4, 0.5) is 16.2 Å². The zero-order valence-electron chi connectivity index (χ0n) is 17.5. The summed E-state index contributed by atoms with van der Waals surface area (Å²) < 4.78 is 4.81. The predicted molar refractivity (Wildman–Crippen MR) is 126 cm³/mol. The SMILES string of the molecule is COC(=O)c1ccc2c(c1)N=C/C2=C(\Nc1ccc(CNC(N)=O)cc1)c1ccccc1. The van der Waals surface area contributed by atoms with Crippen LogP contribution >= 0.6 is 0 Å². The van der Waals surface area contributed by atoms with Crippen molar-refractivity contribution in [1.82, 2.24) is 5.32 Å². The number of carbonyl (C=O) groups excluding carboxylic acids is 2. The number of allylic oxidation sites excluding steroid dienone is 1. The molecular formula is C25H22N4O3. The van der Waals surface area contributed by atoms with Crippen molar-refractivity contribution in [2.24, 2.45) is 10.7 Å². The molecule has 2 amide bonds. The van der Waals surface area contributed by atoms with Crippen LogP contribution in [0.5, 0.6) is 0 Å². The van der Waals surface area contributed by atoms with E-state index >= 15 is 0 Å². The molecule has 4 N–H and O–H groups in total. The maximum Gasteiger partial charge on any atom is 0.337 e. The lowest BCUT2D eigenvalue weighted by Gasteiger charge is -2.15. The van der Waals surface area contributed by atoms with Gasteiger partial charge in [-0.05, 0) is 35.4 Å². The molecule has 0 radical (unpaired) electrons. The van der Waals surface area contributed by atoms with Crippen molar-refractivity contribution in [3.05, 3.63) is 95.1 Å². The molecule has 0 bridgehead atoms. The fraction of sp³-hybridized carbons (Fsp3) is 0.0800. The molecule has 0 aliphatic carbocycles. The number of hydrogen-bond acceptors (Lipinski definition) is 5. The fourth-order valence-electron chi connectivity index (χ4n) is 3.45. The molecule has 0 atom stereocenters. The third-order valence-electron chi connectivity index (χ3n) is 5.06. The minimum Gasteiger partial charge on any atom is -0.465 e. The molecule has 1 aliphatic heterocycles. The summed E-state index contributed by atoms with van der Waals surface area (Å²) in [6.45, 7) is 0.366. The minimum absolute atomic E-state index is 0.366. The van der Waals surface area contributed by atoms with E-state index in [0.29, 0.717) is 17.8 Å². The highest BCUT2D eigenvalue weighted by atomic mass is 16.5. The maximum atomic E-state index is 11.9. The summed E-state index contributed by atoms with van der Waals surface area (Å²) in [5, 5.41) is 6.08. The standard InChI is InChI=1S/C25H22N4O3/c1-32-24(30)18-9-12-20-21(15-27-22(20)13-18)23(17-5-3-2-4-6-17)29-19-10-7-16(8-11-19)14-28-25(26)31/h2-13,15,29H,14H2,1H3,(H3,26,28,31)/b23-21+. The molecular weight excluding hydrogens is 404 g/mol. The molecule has 160 valence electrons. The van der Waals surface area contributed by atoms with Gasteiger partial charge in [0.25, 0.3) is 0 Å². The number of nitrogens with one attached hydrogen (secondary N) is 2. The Morgan fingerprint density at radius 2 is 1.72 bits per heavy atom. The van der Waals surface area contributed by atoms with Gasteiger partial charge in [0.1, 0.15) is 0 Å². The Kier molecular flexibility index (Phi) is 5.98. The van der Waals surface area contributed by atoms with Crippen LogP contribution in [-0.4, -0.2) is 25.3 Å². The molecule has 0 unspecified atom stereocenters. The average Bonchev–Trinajstić information content (AvgIpc) is 3.25. The van der Waals surface area contributed by atoms with Crippen molar-refractivity contribution in [2.45, 2.75) is 6.54 Å². The summed E-state index contributed by atoms with van der Waals surface area (Å²) in [5.41, 5.74) is 11.9. The second-order valence-electron chi connectivity index (χ2n) is 7.18. The first kappa shape index (κ1) is 20.9. The molecule has 1 heterocycles. The number of ether oxygens (including phenoxy) is 1. The van der Waals surface area contributed by atoms with Crippen molar-refractivity contribution in [1.29, 1.82) is 0 Å². The Morgan fingerprint density at radius 1 is 0.969 bits per heavy atom. The number of esters is 1. The second-order valence-corrected chi connectivity index (χ2v) is 7.18. The Hall–Kier alpha value is -4.39. The van der Waals surface area contributed by atoms with Crippen LogP contribution in [0, 0.1) is 0 Å². The van der Waals surface area contributed by atoms with Crippen LogP contribution in [-0.2, 0) is 11.3 Å². The van der Waals surface area contributed by atoms with E-state index < -0.39 is 12.0 Å². The molecule has 7 heteroatoms. The van der Waals surface area contributed by atoms with E-state index in [1.54, 1.807) is 18.3 Å². The van der Waals surface area contributed by atoms with Gasteiger partial charge >= 0.3 is 12.0 Å². The molecule has 0 aromatic heterocycles. The number of rotatable bonds is 6. The first-order chi connectivity index (χ1) is 15.5. The third kappa shape index (κ3) is 4.52. The molecule has 0 fully saturated rings. The third-order valence-corrected chi connectivity index (χ3v) is 5.06. The first-order valence-corrected chi connectivity index (χ1v) is 10.0. The van der Waals surface area contributed by atoms with E-state index in [9.17, 15) is 9.59 Å². The van der Waals surface area contributed by atoms with Crippen molar-refractivity contribution in [3.8, 4) is 0 Å². The van der Waals surface area contributed by atoms with Gasteiger partial charge in [-0.1, -0.05) is 48.5 Å². The molecule has 0 spiro atoms. The van der Waals surface area contributed by atoms with E-state index in [4.69, 9.17) is 10.5 Å². The lowest BCUT2D eigenvalue weighted by molar-refractivity contribution is 0.0600. The number of benzene rings is 3. The zero-order chi connectivity index (χ0) is 22.5. The normalized spacial score (nSPS) is 13.3. The number of methoxy groups -OCH3 is 1. The largest absolute Gasteiger partial charge is 0.465 e. The number of urea groups is 1. The Labute approximate surface area is 185 Å². The van der Waals surface area contributed by atoms with Gasteiger partial charge in [-0.3, -0.25) is 4.99 Å². The van der Waals surface area contributed by atoms with Crippen LogP contribution in [0.15, 0.2) is 77.8 Å². The van der Waals surface area contributed by atoms with Gasteiger partial charge in [-0.2, -0.15) is 0 Å². The molecule has 3 aromatic carbocycles. The lowest BCUT2D eigenvalue weighted by Crippen LogP contribution is -2.28. The van der Waals surface area contributed by atoms with Crippen molar-refractivity contribution in [2.75, 3.05) is 12.4 Å². The van der Waals surface area contributed by atoms with Gasteiger partial charge < -0.3 is 21.1 Å². The Bertz CT molecular complexity index is 1220. The van der Waals surface area contributed by atoms with Crippen molar-refractivity contribution in [3.63, 3.8) is 0 Å². The summed E-state index contributed by atoms with van der Waals surface area (Å²) in [6.07, 6.45) is 1.80. The van der Waals surface area contributed by atoms with Gasteiger partial charge in [0.2, 0.25) is 0 Å². The smallest absolute Gasteiger partial charge is 0.337 e. The highest BCUT2D eigenvalue weighted by molar-refractivity contribution is 6.25. The van der Waals surface area contributed by atoms with E-state index in [0.717, 1.165) is 33.6 Å². The number of aliphatic imine (C=N–C) groups is 1. The molecule has 3 aromatic rings. The summed E-state index contributed by atoms with van der Waals surface area (Å²) in [5.74, 6) is -0.396. The minimum atomic E-state index is -0.558. The number of nitrogens with two attached hydrogens (primary N) is 1. The van der Waals surface area contributed by atoms with Gasteiger partial charge in [0.15, 0.2) is 0 Å². The summed E-state index contributed by atoms with van der Waals surface area (Å²) in [6, 6.07) is 22.5. The van der Waals surface area contributed by atoms with Crippen LogP contribution in [0.1, 0.15) is 27.0 Å². The summed E-state index contributed by atoms with van der Waals surface area (Å²) in [7, 11) is 1.36. The van der Waals surface area contributed by atoms with Crippen LogP contribution in [0.2, 0.25) is 0 Å². The lowest BCUT2D eigenvalue weighted by atomic mass is 9.99. The average molecular weight is 426 g/mol. The summed E-state index contributed by atoms with van der Waals surface area (Å²) >= 11 is 0. The highest BCUT2D eigenvalue weighted by Crippen LogP contribution is 2.37. The van der Waals surface area contributed by atoms with Crippen LogP contribution < -0.4 is 16.4 Å². The van der Waals surface area contributed by atoms with Crippen molar-refractivity contribution >= 4 is 40.9 Å². The van der Waals surface area contributed by atoms with Crippen LogP contribution in [0.25, 0.3) is 11.3 Å². The molecule has 32 heavy (non-hydrogen) atoms. The Morgan fingerprint density at radius 3 is 2.41 bits per heavy atom. The van der Waals surface area contributed by atoms with Gasteiger partial charge in [-0.25, -0.2) is 9.59 Å². The number of nitrogens with zero attached hydrogens (tertiary/aromatic N) is 1. The molecule has 0 saturated heterocycles.